The summed E-state index contributed by atoms with van der Waals surface area (Å²) in [5, 5.41) is 9.58. The molecule has 2 aromatic carbocycles. The Kier molecular flexibility index (Phi) is 16.7. The number of benzene rings is 2. The molecule has 0 bridgehead atoms. The average molecular weight is 971 g/mol. The fourth-order valence-corrected chi connectivity index (χ4v) is 8.11. The van der Waals surface area contributed by atoms with Crippen LogP contribution in [-0.4, -0.2) is 101 Å². The van der Waals surface area contributed by atoms with Gasteiger partial charge in [-0.2, -0.15) is 26.3 Å². The van der Waals surface area contributed by atoms with Crippen molar-refractivity contribution in [2.45, 2.75) is 51.2 Å². The van der Waals surface area contributed by atoms with Crippen LogP contribution in [0.4, 0.5) is 55.0 Å². The molecule has 8 rings (SSSR count). The van der Waals surface area contributed by atoms with Crippen LogP contribution in [0.25, 0.3) is 20.7 Å². The minimum absolute atomic E-state index is 0. The zero-order valence-electron chi connectivity index (χ0n) is 34.1. The number of anilines is 2. The first-order chi connectivity index (χ1) is 30.9. The second-order valence-corrected chi connectivity index (χ2v) is 16.2. The molecular formula is C41H42F8N10O5S2. The lowest BCUT2D eigenvalue weighted by atomic mass is 10.1. The number of likely N-dealkylation sites (tertiary alicyclic amines) is 2. The number of alkyl halides is 6. The molecule has 2 aliphatic heterocycles. The number of methoxy groups -OCH3 is 2. The Morgan fingerprint density at radius 1 is 0.773 bits per heavy atom. The molecule has 2 atom stereocenters. The molecule has 66 heavy (non-hydrogen) atoms. The normalized spacial score (nSPS) is 15.9. The van der Waals surface area contributed by atoms with Gasteiger partial charge in [0, 0.05) is 74.9 Å². The lowest BCUT2D eigenvalue weighted by Crippen LogP contribution is -2.37. The van der Waals surface area contributed by atoms with Gasteiger partial charge in [0.25, 0.3) is 0 Å². The van der Waals surface area contributed by atoms with E-state index in [1.165, 1.54) is 35.8 Å². The Labute approximate surface area is 379 Å². The number of aldehydes is 1. The minimum atomic E-state index is -4.76. The Hall–Kier alpha value is -6.31. The highest BCUT2D eigenvalue weighted by molar-refractivity contribution is 7.22. The van der Waals surface area contributed by atoms with Crippen molar-refractivity contribution in [2.24, 2.45) is 5.73 Å². The molecule has 4 aromatic heterocycles. The topological polar surface area (TPSA) is 190 Å². The minimum Gasteiger partial charge on any atom is -0.494 e. The summed E-state index contributed by atoms with van der Waals surface area (Å²) in [5.41, 5.74) is 4.43. The number of carbonyl (C=O) groups excluding carboxylic acids is 3. The SMILES string of the molecule is C.COc1ccnc2sc(NC(=O)N3CC[C@@H](N)C3)nc12.COc1ccnc2sc(NC(=O)N3CC[C@@H](NCc4ccc(F)c(C(F)(F)F)c4)C3)nc12.O=Cc1ccc(F)c(C(F)(F)F)c1. The fraction of sp³-hybridized carbons (Fsp3) is 0.341. The molecule has 2 saturated heterocycles. The number of carbonyl (C=O) groups is 3. The van der Waals surface area contributed by atoms with Crippen LogP contribution in [0.15, 0.2) is 60.9 Å². The number of amides is 4. The summed E-state index contributed by atoms with van der Waals surface area (Å²) in [6, 6.07) is 7.90. The molecule has 5 N–H and O–H groups in total. The van der Waals surface area contributed by atoms with Gasteiger partial charge in [0.2, 0.25) is 0 Å². The molecule has 15 nitrogen and oxygen atoms in total. The zero-order valence-corrected chi connectivity index (χ0v) is 35.7. The maximum Gasteiger partial charge on any atom is 0.419 e. The molecule has 2 fully saturated rings. The summed E-state index contributed by atoms with van der Waals surface area (Å²) in [6.45, 7) is 2.25. The van der Waals surface area contributed by atoms with Crippen molar-refractivity contribution in [2.75, 3.05) is 51.0 Å². The number of thiazole rings is 2. The molecular weight excluding hydrogens is 929 g/mol. The van der Waals surface area contributed by atoms with Crippen molar-refractivity contribution < 1.29 is 59.0 Å². The van der Waals surface area contributed by atoms with Crippen molar-refractivity contribution in [1.82, 2.24) is 35.1 Å². The molecule has 6 heterocycles. The van der Waals surface area contributed by atoms with Crippen LogP contribution in [0.5, 0.6) is 11.5 Å². The average Bonchev–Trinajstić information content (AvgIpc) is 4.09. The van der Waals surface area contributed by atoms with Crippen LogP contribution in [0.3, 0.4) is 0 Å². The van der Waals surface area contributed by atoms with Gasteiger partial charge in [-0.3, -0.25) is 15.4 Å². The number of rotatable bonds is 8. The number of pyridine rings is 2. The number of hydrogen-bond donors (Lipinski definition) is 4. The molecule has 0 radical (unpaired) electrons. The third kappa shape index (κ3) is 12.7. The summed E-state index contributed by atoms with van der Waals surface area (Å²) in [5.74, 6) is -1.47. The molecule has 2 aliphatic rings. The number of halogens is 8. The number of ether oxygens (including phenoxy) is 2. The summed E-state index contributed by atoms with van der Waals surface area (Å²) in [7, 11) is 3.11. The Bertz CT molecular complexity index is 2650. The van der Waals surface area contributed by atoms with Gasteiger partial charge in [-0.05, 0) is 48.7 Å². The maximum absolute atomic E-state index is 13.4. The van der Waals surface area contributed by atoms with E-state index in [1.807, 2.05) is 0 Å². The van der Waals surface area contributed by atoms with Crippen LogP contribution < -0.4 is 31.2 Å². The standard InChI is InChI=1S/C20H19F4N5O2S.C12H15N5O2S.C8H4F4O.CH4/c1-31-15-4-6-25-17-16(15)27-18(32-17)28-19(30)29-7-5-12(10-29)26-9-11-2-3-14(21)13(8-11)20(22,23)24;1-19-8-2-4-14-10-9(8)15-11(20-10)16-12(18)17-5-3-7(13)6-17;9-7-2-1-5(4-13)3-6(7)8(10,11)12;/h2-4,6,8,12,26H,5,7,9-10H2,1H3,(H,27,28,30);2,4,7H,3,5-6,13H2,1H3,(H,15,16,18);1-4H;1H4/t12-;7-;;/m11../s1. The molecule has 0 unspecified atom stereocenters. The quantitative estimate of drug-likeness (QED) is 0.0843. The summed E-state index contributed by atoms with van der Waals surface area (Å²) in [6.07, 6.45) is -4.55. The van der Waals surface area contributed by atoms with Crippen molar-refractivity contribution in [3.05, 3.63) is 94.8 Å². The van der Waals surface area contributed by atoms with Gasteiger partial charge in [-0.15, -0.1) is 0 Å². The van der Waals surface area contributed by atoms with E-state index in [-0.39, 0.29) is 50.0 Å². The molecule has 0 saturated carbocycles. The third-order valence-electron chi connectivity index (χ3n) is 9.74. The molecule has 0 spiro atoms. The van der Waals surface area contributed by atoms with Gasteiger partial charge in [-0.1, -0.05) is 36.2 Å². The summed E-state index contributed by atoms with van der Waals surface area (Å²) in [4.78, 5) is 56.6. The maximum atomic E-state index is 13.4. The number of nitrogens with one attached hydrogen (secondary N) is 3. The van der Waals surface area contributed by atoms with Crippen molar-refractivity contribution in [1.29, 1.82) is 0 Å². The van der Waals surface area contributed by atoms with E-state index < -0.39 is 35.1 Å². The van der Waals surface area contributed by atoms with Gasteiger partial charge in [0.15, 0.2) is 10.3 Å². The van der Waals surface area contributed by atoms with Crippen LogP contribution in [-0.2, 0) is 18.9 Å². The largest absolute Gasteiger partial charge is 0.494 e. The fourth-order valence-electron chi connectivity index (χ4n) is 6.48. The summed E-state index contributed by atoms with van der Waals surface area (Å²) >= 11 is 2.55. The van der Waals surface area contributed by atoms with E-state index >= 15 is 0 Å². The van der Waals surface area contributed by atoms with Crippen molar-refractivity contribution in [3.8, 4) is 11.5 Å². The van der Waals surface area contributed by atoms with Crippen molar-refractivity contribution in [3.63, 3.8) is 0 Å². The first kappa shape index (κ1) is 50.7. The third-order valence-corrected chi connectivity index (χ3v) is 11.5. The summed E-state index contributed by atoms with van der Waals surface area (Å²) < 4.78 is 111. The highest BCUT2D eigenvalue weighted by atomic mass is 32.1. The second-order valence-electron chi connectivity index (χ2n) is 14.2. The van der Waals surface area contributed by atoms with E-state index in [0.29, 0.717) is 87.9 Å². The van der Waals surface area contributed by atoms with Gasteiger partial charge in [0.1, 0.15) is 50.1 Å². The van der Waals surface area contributed by atoms with Crippen LogP contribution >= 0.6 is 22.7 Å². The van der Waals surface area contributed by atoms with Crippen LogP contribution in [0.2, 0.25) is 0 Å². The van der Waals surface area contributed by atoms with E-state index in [4.69, 9.17) is 15.2 Å². The van der Waals surface area contributed by atoms with Gasteiger partial charge in [-0.25, -0.2) is 38.3 Å². The highest BCUT2D eigenvalue weighted by Gasteiger charge is 2.35. The Morgan fingerprint density at radius 3 is 1.76 bits per heavy atom. The van der Waals surface area contributed by atoms with Gasteiger partial charge < -0.3 is 30.3 Å². The molecule has 0 aliphatic carbocycles. The van der Waals surface area contributed by atoms with E-state index in [9.17, 15) is 49.5 Å². The number of fused-ring (bicyclic) bond motifs is 2. The van der Waals surface area contributed by atoms with Crippen molar-refractivity contribution >= 4 is 72.0 Å². The number of aromatic nitrogens is 4. The van der Waals surface area contributed by atoms with Crippen LogP contribution in [0.1, 0.15) is 47.3 Å². The number of nitrogens with zero attached hydrogens (tertiary/aromatic N) is 6. The highest BCUT2D eigenvalue weighted by Crippen LogP contribution is 2.34. The predicted octanol–water partition coefficient (Wildman–Crippen LogP) is 8.81. The molecule has 6 aromatic rings. The lowest BCUT2D eigenvalue weighted by Gasteiger charge is -2.17. The number of urea groups is 2. The molecule has 25 heteroatoms. The van der Waals surface area contributed by atoms with Gasteiger partial charge >= 0.3 is 24.4 Å². The zero-order chi connectivity index (χ0) is 47.1. The molecule has 4 amide bonds. The Morgan fingerprint density at radius 2 is 1.27 bits per heavy atom. The first-order valence-electron chi connectivity index (χ1n) is 19.2. The van der Waals surface area contributed by atoms with Gasteiger partial charge in [0.05, 0.1) is 25.3 Å². The monoisotopic (exact) mass is 970 g/mol. The van der Waals surface area contributed by atoms with E-state index in [0.717, 1.165) is 29.5 Å². The first-order valence-corrected chi connectivity index (χ1v) is 20.9. The van der Waals surface area contributed by atoms with E-state index in [1.54, 1.807) is 41.4 Å². The second kappa shape index (κ2) is 21.8. The predicted molar refractivity (Wildman–Crippen MR) is 232 cm³/mol. The van der Waals surface area contributed by atoms with Crippen LogP contribution in [0, 0.1) is 11.6 Å². The lowest BCUT2D eigenvalue weighted by molar-refractivity contribution is -0.140. The molecule has 354 valence electrons. The number of nitrogens with two attached hydrogens (primary N) is 1. The Balaban J connectivity index is 0.000000205. The number of hydrogen-bond acceptors (Lipinski definition) is 13. The smallest absolute Gasteiger partial charge is 0.419 e. The van der Waals surface area contributed by atoms with E-state index in [2.05, 4.69) is 35.9 Å².